The summed E-state index contributed by atoms with van der Waals surface area (Å²) in [7, 11) is -3.70. The Morgan fingerprint density at radius 1 is 1.36 bits per heavy atom. The van der Waals surface area contributed by atoms with E-state index in [2.05, 4.69) is 10.0 Å². The first-order valence-corrected chi connectivity index (χ1v) is 9.95. The number of unbranched alkanes of at least 4 members (excludes halogenated alkanes) is 1. The number of azide groups is 1. The summed E-state index contributed by atoms with van der Waals surface area (Å²) < 4.78 is 51.5. The van der Waals surface area contributed by atoms with Crippen LogP contribution >= 0.6 is 0 Å². The standard InChI is InChI=1S/C14H25N3O7S/c1-5-6-7-20-12-14(9-21-25(4,18)19)11(23-13(2,3)24-14)10(22-12)8-16-17-15/h10-12H,5-9H2,1-4H3/t10-,11-,12-,14-/m1/s1. The van der Waals surface area contributed by atoms with Gasteiger partial charge in [-0.1, -0.05) is 18.5 Å². The van der Waals surface area contributed by atoms with E-state index in [1.807, 2.05) is 6.92 Å². The third-order valence-corrected chi connectivity index (χ3v) is 4.50. The van der Waals surface area contributed by atoms with Gasteiger partial charge in [-0.15, -0.1) is 0 Å². The van der Waals surface area contributed by atoms with Gasteiger partial charge in [0, 0.05) is 11.5 Å². The Kier molecular flexibility index (Phi) is 6.31. The first-order valence-electron chi connectivity index (χ1n) is 8.14. The van der Waals surface area contributed by atoms with E-state index in [4.69, 9.17) is 28.7 Å². The van der Waals surface area contributed by atoms with Gasteiger partial charge in [-0.05, 0) is 25.8 Å². The molecule has 2 heterocycles. The van der Waals surface area contributed by atoms with Crippen LogP contribution in [0.25, 0.3) is 10.4 Å². The van der Waals surface area contributed by atoms with Gasteiger partial charge in [0.05, 0.1) is 18.9 Å². The minimum absolute atomic E-state index is 0.00880. The van der Waals surface area contributed by atoms with Crippen molar-refractivity contribution in [3.8, 4) is 0 Å². The van der Waals surface area contributed by atoms with Gasteiger partial charge >= 0.3 is 0 Å². The van der Waals surface area contributed by atoms with Crippen molar-refractivity contribution >= 4 is 10.1 Å². The van der Waals surface area contributed by atoms with Crippen LogP contribution in [0, 0.1) is 0 Å². The zero-order valence-electron chi connectivity index (χ0n) is 14.9. The van der Waals surface area contributed by atoms with Crippen molar-refractivity contribution in [3.05, 3.63) is 10.4 Å². The van der Waals surface area contributed by atoms with E-state index in [1.54, 1.807) is 13.8 Å². The lowest BCUT2D eigenvalue weighted by Crippen LogP contribution is -2.52. The highest BCUT2D eigenvalue weighted by Gasteiger charge is 2.67. The highest BCUT2D eigenvalue weighted by Crippen LogP contribution is 2.47. The lowest BCUT2D eigenvalue weighted by atomic mass is 9.96. The normalized spacial score (nSPS) is 33.8. The Morgan fingerprint density at radius 2 is 2.08 bits per heavy atom. The third-order valence-electron chi connectivity index (χ3n) is 3.95. The summed E-state index contributed by atoms with van der Waals surface area (Å²) in [5.74, 6) is -0.990. The van der Waals surface area contributed by atoms with E-state index in [-0.39, 0.29) is 13.2 Å². The molecule has 0 spiro atoms. The van der Waals surface area contributed by atoms with Crippen molar-refractivity contribution in [2.24, 2.45) is 5.11 Å². The van der Waals surface area contributed by atoms with Crippen LogP contribution in [0.15, 0.2) is 5.11 Å². The Bertz CT molecular complexity index is 620. The Labute approximate surface area is 147 Å². The Morgan fingerprint density at radius 3 is 2.68 bits per heavy atom. The molecule has 2 aliphatic heterocycles. The maximum Gasteiger partial charge on any atom is 0.264 e. The molecule has 25 heavy (non-hydrogen) atoms. The minimum Gasteiger partial charge on any atom is -0.349 e. The first kappa shape index (κ1) is 20.4. The fraction of sp³-hybridized carbons (Fsp3) is 1.00. The van der Waals surface area contributed by atoms with Gasteiger partial charge in [0.1, 0.15) is 12.7 Å². The van der Waals surface area contributed by atoms with Crippen molar-refractivity contribution in [1.82, 2.24) is 0 Å². The van der Waals surface area contributed by atoms with Crippen molar-refractivity contribution in [2.75, 3.05) is 26.0 Å². The fourth-order valence-corrected chi connectivity index (χ4v) is 3.41. The van der Waals surface area contributed by atoms with Gasteiger partial charge in [-0.2, -0.15) is 8.42 Å². The summed E-state index contributed by atoms with van der Waals surface area (Å²) in [6.07, 6.45) is 0.465. The van der Waals surface area contributed by atoms with Gasteiger partial charge in [0.25, 0.3) is 10.1 Å². The van der Waals surface area contributed by atoms with Crippen molar-refractivity contribution in [3.63, 3.8) is 0 Å². The van der Waals surface area contributed by atoms with Crippen LogP contribution in [0.2, 0.25) is 0 Å². The topological polar surface area (TPSA) is 129 Å². The molecule has 0 N–H and O–H groups in total. The van der Waals surface area contributed by atoms with Crippen molar-refractivity contribution < 1.29 is 31.5 Å². The molecule has 0 aliphatic carbocycles. The highest BCUT2D eigenvalue weighted by molar-refractivity contribution is 7.85. The van der Waals surface area contributed by atoms with E-state index in [0.29, 0.717) is 6.61 Å². The van der Waals surface area contributed by atoms with E-state index < -0.39 is 40.0 Å². The second-order valence-electron chi connectivity index (χ2n) is 6.61. The van der Waals surface area contributed by atoms with Crippen molar-refractivity contribution in [2.45, 2.75) is 63.5 Å². The molecule has 0 amide bonds. The molecule has 0 aromatic rings. The summed E-state index contributed by atoms with van der Waals surface area (Å²) in [6.45, 7) is 5.54. The van der Waals surface area contributed by atoms with Gasteiger partial charge in [-0.25, -0.2) is 0 Å². The van der Waals surface area contributed by atoms with Crippen LogP contribution in [-0.4, -0.2) is 64.3 Å². The largest absolute Gasteiger partial charge is 0.349 e. The summed E-state index contributed by atoms with van der Waals surface area (Å²) in [5, 5.41) is 3.54. The summed E-state index contributed by atoms with van der Waals surface area (Å²) in [6, 6.07) is 0. The van der Waals surface area contributed by atoms with Crippen molar-refractivity contribution in [1.29, 1.82) is 0 Å². The fourth-order valence-electron chi connectivity index (χ4n) is 3.01. The predicted molar refractivity (Wildman–Crippen MR) is 87.1 cm³/mol. The second kappa shape index (κ2) is 7.75. The number of hydrogen-bond acceptors (Lipinski definition) is 8. The molecular weight excluding hydrogens is 354 g/mol. The Balaban J connectivity index is 2.29. The number of hydrogen-bond donors (Lipinski definition) is 0. The van der Waals surface area contributed by atoms with Crippen LogP contribution in [0.1, 0.15) is 33.6 Å². The molecule has 0 saturated carbocycles. The molecule has 0 aromatic carbocycles. The zero-order chi connectivity index (χ0) is 18.7. The van der Waals surface area contributed by atoms with E-state index in [1.165, 1.54) is 0 Å². The molecule has 2 saturated heterocycles. The highest BCUT2D eigenvalue weighted by atomic mass is 32.2. The molecule has 2 aliphatic rings. The quantitative estimate of drug-likeness (QED) is 0.196. The summed E-state index contributed by atoms with van der Waals surface area (Å²) in [4.78, 5) is 2.74. The first-order chi connectivity index (χ1) is 11.6. The molecule has 0 radical (unpaired) electrons. The van der Waals surface area contributed by atoms with E-state index in [0.717, 1.165) is 19.1 Å². The number of fused-ring (bicyclic) bond motifs is 1. The summed E-state index contributed by atoms with van der Waals surface area (Å²) >= 11 is 0. The van der Waals surface area contributed by atoms with Gasteiger partial charge in [-0.3, -0.25) is 4.18 Å². The molecular formula is C14H25N3O7S. The molecule has 0 bridgehead atoms. The lowest BCUT2D eigenvalue weighted by Gasteiger charge is -2.32. The molecule has 2 fully saturated rings. The van der Waals surface area contributed by atoms with E-state index >= 15 is 0 Å². The predicted octanol–water partition coefficient (Wildman–Crippen LogP) is 1.70. The van der Waals surface area contributed by atoms with Crippen LogP contribution in [-0.2, 0) is 33.2 Å². The maximum atomic E-state index is 11.5. The minimum atomic E-state index is -3.70. The lowest BCUT2D eigenvalue weighted by molar-refractivity contribution is -0.263. The van der Waals surface area contributed by atoms with Gasteiger partial charge in [0.15, 0.2) is 17.7 Å². The molecule has 4 atom stereocenters. The average molecular weight is 379 g/mol. The molecule has 0 aromatic heterocycles. The van der Waals surface area contributed by atoms with Crippen LogP contribution in [0.3, 0.4) is 0 Å². The molecule has 10 nitrogen and oxygen atoms in total. The number of ether oxygens (including phenoxy) is 4. The number of nitrogens with zero attached hydrogens (tertiary/aromatic N) is 3. The smallest absolute Gasteiger partial charge is 0.264 e. The van der Waals surface area contributed by atoms with Crippen LogP contribution < -0.4 is 0 Å². The monoisotopic (exact) mass is 379 g/mol. The third kappa shape index (κ3) is 4.82. The maximum absolute atomic E-state index is 11.5. The molecule has 2 rings (SSSR count). The van der Waals surface area contributed by atoms with Gasteiger partial charge < -0.3 is 18.9 Å². The molecule has 0 unspecified atom stereocenters. The number of rotatable bonds is 9. The SMILES string of the molecule is CCCCO[C@@H]1O[C@H](CN=[N+]=[N-])[C@H]2OC(C)(C)O[C@@]12COS(C)(=O)=O. The Hall–Kier alpha value is -0.940. The van der Waals surface area contributed by atoms with Crippen LogP contribution in [0.5, 0.6) is 0 Å². The van der Waals surface area contributed by atoms with Crippen LogP contribution in [0.4, 0.5) is 0 Å². The van der Waals surface area contributed by atoms with Gasteiger partial charge in [0.2, 0.25) is 0 Å². The molecule has 144 valence electrons. The summed E-state index contributed by atoms with van der Waals surface area (Å²) in [5.41, 5.74) is 7.31. The van der Waals surface area contributed by atoms with E-state index in [9.17, 15) is 8.42 Å². The molecule has 11 heteroatoms. The second-order valence-corrected chi connectivity index (χ2v) is 8.25. The zero-order valence-corrected chi connectivity index (χ0v) is 15.7. The average Bonchev–Trinajstić information content (AvgIpc) is 2.92.